The van der Waals surface area contributed by atoms with E-state index in [0.717, 1.165) is 44.2 Å². The van der Waals surface area contributed by atoms with Crippen LogP contribution in [0.15, 0.2) is 18.2 Å². The van der Waals surface area contributed by atoms with Gasteiger partial charge in [-0.05, 0) is 43.5 Å². The standard InChI is InChI=1S/C16H23F2NO/c1-3-10-19-15(16(20-2)8-4-5-9-16)12-6-7-13(17)14(18)11-12/h6-7,11,15,19H,3-5,8-10H2,1-2H3. The van der Waals surface area contributed by atoms with E-state index in [2.05, 4.69) is 12.2 Å². The molecule has 1 aromatic carbocycles. The second-order valence-electron chi connectivity index (χ2n) is 5.54. The van der Waals surface area contributed by atoms with Gasteiger partial charge in [0.1, 0.15) is 0 Å². The molecular formula is C16H23F2NO. The van der Waals surface area contributed by atoms with Crippen LogP contribution in [0, 0.1) is 11.6 Å². The third-order valence-corrected chi connectivity index (χ3v) is 4.26. The summed E-state index contributed by atoms with van der Waals surface area (Å²) in [6.45, 7) is 2.91. The van der Waals surface area contributed by atoms with Crippen molar-refractivity contribution < 1.29 is 13.5 Å². The first-order valence-electron chi connectivity index (χ1n) is 7.36. The third kappa shape index (κ3) is 3.01. The normalized spacial score (nSPS) is 19.2. The Balaban J connectivity index is 2.32. The van der Waals surface area contributed by atoms with Crippen LogP contribution in [0.2, 0.25) is 0 Å². The van der Waals surface area contributed by atoms with Crippen molar-refractivity contribution in [1.82, 2.24) is 5.32 Å². The summed E-state index contributed by atoms with van der Waals surface area (Å²) in [6.07, 6.45) is 5.11. The van der Waals surface area contributed by atoms with E-state index in [4.69, 9.17) is 4.74 Å². The Bertz CT molecular complexity index is 444. The number of benzene rings is 1. The maximum Gasteiger partial charge on any atom is 0.159 e. The SMILES string of the molecule is CCCNC(c1ccc(F)c(F)c1)C1(OC)CCCC1. The van der Waals surface area contributed by atoms with E-state index in [-0.39, 0.29) is 11.6 Å². The van der Waals surface area contributed by atoms with Gasteiger partial charge in [-0.3, -0.25) is 0 Å². The van der Waals surface area contributed by atoms with Crippen molar-refractivity contribution in [2.24, 2.45) is 0 Å². The van der Waals surface area contributed by atoms with Crippen molar-refractivity contribution in [2.75, 3.05) is 13.7 Å². The summed E-state index contributed by atoms with van der Waals surface area (Å²) >= 11 is 0. The van der Waals surface area contributed by atoms with E-state index in [9.17, 15) is 8.78 Å². The second-order valence-corrected chi connectivity index (χ2v) is 5.54. The molecule has 2 rings (SSSR count). The highest BCUT2D eigenvalue weighted by Crippen LogP contribution is 2.42. The summed E-state index contributed by atoms with van der Waals surface area (Å²) in [5.41, 5.74) is 0.459. The van der Waals surface area contributed by atoms with Crippen molar-refractivity contribution >= 4 is 0 Å². The predicted molar refractivity (Wildman–Crippen MR) is 75.6 cm³/mol. The zero-order valence-corrected chi connectivity index (χ0v) is 12.2. The lowest BCUT2D eigenvalue weighted by atomic mass is 9.86. The molecule has 112 valence electrons. The van der Waals surface area contributed by atoms with Crippen molar-refractivity contribution in [2.45, 2.75) is 50.7 Å². The molecule has 0 amide bonds. The van der Waals surface area contributed by atoms with Gasteiger partial charge in [0, 0.05) is 7.11 Å². The van der Waals surface area contributed by atoms with Crippen molar-refractivity contribution in [1.29, 1.82) is 0 Å². The average molecular weight is 283 g/mol. The molecule has 0 spiro atoms. The lowest BCUT2D eigenvalue weighted by Crippen LogP contribution is -2.44. The third-order valence-electron chi connectivity index (χ3n) is 4.26. The molecule has 0 aliphatic heterocycles. The zero-order valence-electron chi connectivity index (χ0n) is 12.2. The maximum absolute atomic E-state index is 13.5. The van der Waals surface area contributed by atoms with Crippen LogP contribution in [0.5, 0.6) is 0 Å². The second kappa shape index (κ2) is 6.64. The summed E-state index contributed by atoms with van der Waals surface area (Å²) in [7, 11) is 1.71. The fraction of sp³-hybridized carbons (Fsp3) is 0.625. The minimum absolute atomic E-state index is 0.0925. The van der Waals surface area contributed by atoms with Crippen LogP contribution in [0.25, 0.3) is 0 Å². The quantitative estimate of drug-likeness (QED) is 0.853. The van der Waals surface area contributed by atoms with Crippen LogP contribution in [-0.2, 0) is 4.74 Å². The smallest absolute Gasteiger partial charge is 0.159 e. The lowest BCUT2D eigenvalue weighted by Gasteiger charge is -2.37. The molecule has 1 aliphatic carbocycles. The van der Waals surface area contributed by atoms with Crippen LogP contribution in [0.3, 0.4) is 0 Å². The maximum atomic E-state index is 13.5. The number of methoxy groups -OCH3 is 1. The molecule has 1 atom stereocenters. The molecule has 1 unspecified atom stereocenters. The first-order valence-corrected chi connectivity index (χ1v) is 7.36. The van der Waals surface area contributed by atoms with Gasteiger partial charge in [-0.1, -0.05) is 25.8 Å². The first kappa shape index (κ1) is 15.4. The summed E-state index contributed by atoms with van der Waals surface area (Å²) in [5, 5.41) is 3.45. The number of halogens is 2. The van der Waals surface area contributed by atoms with E-state index in [1.165, 1.54) is 12.1 Å². The monoisotopic (exact) mass is 283 g/mol. The van der Waals surface area contributed by atoms with Crippen LogP contribution in [0.4, 0.5) is 8.78 Å². The van der Waals surface area contributed by atoms with E-state index in [1.54, 1.807) is 13.2 Å². The van der Waals surface area contributed by atoms with Gasteiger partial charge >= 0.3 is 0 Å². The van der Waals surface area contributed by atoms with Crippen molar-refractivity contribution in [3.63, 3.8) is 0 Å². The van der Waals surface area contributed by atoms with Gasteiger partial charge in [-0.2, -0.15) is 0 Å². The molecule has 0 saturated heterocycles. The highest BCUT2D eigenvalue weighted by molar-refractivity contribution is 5.25. The number of hydrogen-bond acceptors (Lipinski definition) is 2. The largest absolute Gasteiger partial charge is 0.376 e. The Hall–Kier alpha value is -1.00. The van der Waals surface area contributed by atoms with E-state index >= 15 is 0 Å². The first-order chi connectivity index (χ1) is 9.63. The van der Waals surface area contributed by atoms with E-state index in [1.807, 2.05) is 0 Å². The molecule has 4 heteroatoms. The van der Waals surface area contributed by atoms with Crippen LogP contribution in [0.1, 0.15) is 50.6 Å². The van der Waals surface area contributed by atoms with Gasteiger partial charge in [0.05, 0.1) is 11.6 Å². The van der Waals surface area contributed by atoms with Crippen LogP contribution in [-0.4, -0.2) is 19.3 Å². The highest BCUT2D eigenvalue weighted by Gasteiger charge is 2.42. The minimum atomic E-state index is -0.805. The molecule has 1 saturated carbocycles. The van der Waals surface area contributed by atoms with E-state index < -0.39 is 11.6 Å². The molecule has 0 bridgehead atoms. The Morgan fingerprint density at radius 1 is 1.25 bits per heavy atom. The zero-order chi connectivity index (χ0) is 14.6. The summed E-state index contributed by atoms with van der Waals surface area (Å²) < 4.78 is 32.5. The summed E-state index contributed by atoms with van der Waals surface area (Å²) in [4.78, 5) is 0. The Labute approximate surface area is 119 Å². The molecule has 0 heterocycles. The van der Waals surface area contributed by atoms with Crippen molar-refractivity contribution in [3.05, 3.63) is 35.4 Å². The molecule has 0 radical (unpaired) electrons. The van der Waals surface area contributed by atoms with Gasteiger partial charge in [-0.15, -0.1) is 0 Å². The molecule has 1 aromatic rings. The molecule has 2 nitrogen and oxygen atoms in total. The minimum Gasteiger partial charge on any atom is -0.376 e. The summed E-state index contributed by atoms with van der Waals surface area (Å²) in [5.74, 6) is -1.60. The lowest BCUT2D eigenvalue weighted by molar-refractivity contribution is -0.0368. The topological polar surface area (TPSA) is 21.3 Å². The van der Waals surface area contributed by atoms with Gasteiger partial charge < -0.3 is 10.1 Å². The van der Waals surface area contributed by atoms with Crippen molar-refractivity contribution in [3.8, 4) is 0 Å². The van der Waals surface area contributed by atoms with E-state index in [0.29, 0.717) is 0 Å². The Kier molecular flexibility index (Phi) is 5.11. The summed E-state index contributed by atoms with van der Waals surface area (Å²) in [6, 6.07) is 4.06. The Morgan fingerprint density at radius 2 is 1.95 bits per heavy atom. The Morgan fingerprint density at radius 3 is 2.50 bits per heavy atom. The number of hydrogen-bond donors (Lipinski definition) is 1. The van der Waals surface area contributed by atoms with Crippen LogP contribution < -0.4 is 5.32 Å². The molecule has 1 N–H and O–H groups in total. The van der Waals surface area contributed by atoms with Gasteiger partial charge in [0.15, 0.2) is 11.6 Å². The van der Waals surface area contributed by atoms with Crippen LogP contribution >= 0.6 is 0 Å². The predicted octanol–water partition coefficient (Wildman–Crippen LogP) is 3.96. The average Bonchev–Trinajstić information content (AvgIpc) is 2.93. The number of nitrogens with one attached hydrogen (secondary N) is 1. The molecule has 1 fully saturated rings. The highest BCUT2D eigenvalue weighted by atomic mass is 19.2. The fourth-order valence-corrected chi connectivity index (χ4v) is 3.17. The van der Waals surface area contributed by atoms with Gasteiger partial charge in [0.25, 0.3) is 0 Å². The molecule has 20 heavy (non-hydrogen) atoms. The molecule has 0 aromatic heterocycles. The number of ether oxygens (including phenoxy) is 1. The van der Waals surface area contributed by atoms with Gasteiger partial charge in [-0.25, -0.2) is 8.78 Å². The molecular weight excluding hydrogens is 260 g/mol. The molecule has 1 aliphatic rings. The fourth-order valence-electron chi connectivity index (χ4n) is 3.17. The number of rotatable bonds is 6. The van der Waals surface area contributed by atoms with Gasteiger partial charge in [0.2, 0.25) is 0 Å².